The summed E-state index contributed by atoms with van der Waals surface area (Å²) in [5.74, 6) is -1.04. The van der Waals surface area contributed by atoms with Crippen LogP contribution in [0.25, 0.3) is 6.08 Å². The van der Waals surface area contributed by atoms with E-state index in [9.17, 15) is 24.5 Å². The number of nitro groups is 1. The molecule has 30 heavy (non-hydrogen) atoms. The van der Waals surface area contributed by atoms with Gasteiger partial charge in [0, 0.05) is 25.4 Å². The molecular formula is C18H12Cl2N4O5S. The van der Waals surface area contributed by atoms with Gasteiger partial charge in [0.25, 0.3) is 22.7 Å². The van der Waals surface area contributed by atoms with E-state index >= 15 is 0 Å². The van der Waals surface area contributed by atoms with Gasteiger partial charge < -0.3 is 5.32 Å². The second kappa shape index (κ2) is 9.24. The van der Waals surface area contributed by atoms with Crippen LogP contribution in [0.2, 0.25) is 10.2 Å². The van der Waals surface area contributed by atoms with Crippen molar-refractivity contribution >= 4 is 63.8 Å². The van der Waals surface area contributed by atoms with Crippen LogP contribution in [0.15, 0.2) is 41.4 Å². The average Bonchev–Trinajstić information content (AvgIpc) is 2.96. The molecule has 154 valence electrons. The van der Waals surface area contributed by atoms with Gasteiger partial charge in [-0.15, -0.1) is 0 Å². The van der Waals surface area contributed by atoms with E-state index < -0.39 is 22.0 Å². The van der Waals surface area contributed by atoms with Crippen molar-refractivity contribution in [3.8, 4) is 0 Å². The van der Waals surface area contributed by atoms with Crippen molar-refractivity contribution in [2.75, 3.05) is 13.1 Å². The number of imide groups is 1. The molecule has 0 saturated carbocycles. The van der Waals surface area contributed by atoms with Crippen LogP contribution in [0, 0.1) is 10.1 Å². The minimum absolute atomic E-state index is 0.0157. The van der Waals surface area contributed by atoms with Crippen LogP contribution in [0.3, 0.4) is 0 Å². The summed E-state index contributed by atoms with van der Waals surface area (Å²) in [6, 6.07) is 7.12. The summed E-state index contributed by atoms with van der Waals surface area (Å²) in [5, 5.41) is 13.1. The minimum Gasteiger partial charge on any atom is -0.350 e. The van der Waals surface area contributed by atoms with E-state index in [1.807, 2.05) is 0 Å². The summed E-state index contributed by atoms with van der Waals surface area (Å²) in [5.41, 5.74) is 0.232. The summed E-state index contributed by atoms with van der Waals surface area (Å²) < 4.78 is 0. The fraction of sp³-hybridized carbons (Fsp3) is 0.111. The van der Waals surface area contributed by atoms with Crippen LogP contribution in [0.4, 0.5) is 10.5 Å². The number of carbonyl (C=O) groups excluding carboxylic acids is 3. The fourth-order valence-corrected chi connectivity index (χ4v) is 3.79. The van der Waals surface area contributed by atoms with Gasteiger partial charge in [-0.2, -0.15) is 0 Å². The van der Waals surface area contributed by atoms with E-state index in [-0.39, 0.29) is 39.4 Å². The predicted octanol–water partition coefficient (Wildman–Crippen LogP) is 3.76. The molecule has 1 N–H and O–H groups in total. The lowest BCUT2D eigenvalue weighted by Crippen LogP contribution is -2.37. The number of benzene rings is 1. The van der Waals surface area contributed by atoms with Gasteiger partial charge in [-0.3, -0.25) is 29.4 Å². The Morgan fingerprint density at radius 3 is 2.77 bits per heavy atom. The third-order valence-electron chi connectivity index (χ3n) is 3.96. The van der Waals surface area contributed by atoms with Crippen LogP contribution in [0.1, 0.15) is 15.9 Å². The van der Waals surface area contributed by atoms with Crippen molar-refractivity contribution in [3.63, 3.8) is 0 Å². The Morgan fingerprint density at radius 1 is 1.30 bits per heavy atom. The van der Waals surface area contributed by atoms with Crippen LogP contribution < -0.4 is 5.32 Å². The topological polar surface area (TPSA) is 123 Å². The number of aromatic nitrogens is 1. The maximum Gasteiger partial charge on any atom is 0.293 e. The lowest BCUT2D eigenvalue weighted by atomic mass is 10.2. The minimum atomic E-state index is -0.636. The highest BCUT2D eigenvalue weighted by molar-refractivity contribution is 8.18. The molecular weight excluding hydrogens is 455 g/mol. The highest BCUT2D eigenvalue weighted by atomic mass is 35.5. The highest BCUT2D eigenvalue weighted by Crippen LogP contribution is 2.33. The van der Waals surface area contributed by atoms with Gasteiger partial charge in [0.1, 0.15) is 10.2 Å². The van der Waals surface area contributed by atoms with Gasteiger partial charge in [0.05, 0.1) is 15.4 Å². The van der Waals surface area contributed by atoms with Crippen LogP contribution in [-0.4, -0.2) is 45.0 Å². The standard InChI is InChI=1S/C18H12Cl2N4O5S/c19-12-4-3-10(8-13(12)24(28)29)9-14-17(26)23(18(27)30-14)7-6-22-16(25)11-2-1-5-21-15(11)20/h1-5,8-9H,6-7H2,(H,22,25)/b14-9-. The Labute approximate surface area is 184 Å². The van der Waals surface area contributed by atoms with Gasteiger partial charge in [0.15, 0.2) is 0 Å². The number of amides is 3. The fourth-order valence-electron chi connectivity index (χ4n) is 2.54. The molecule has 1 aliphatic heterocycles. The van der Waals surface area contributed by atoms with Crippen molar-refractivity contribution < 1.29 is 19.3 Å². The normalized spacial score (nSPS) is 15.0. The molecule has 2 heterocycles. The molecule has 0 unspecified atom stereocenters. The smallest absolute Gasteiger partial charge is 0.293 e. The Hall–Kier alpha value is -2.95. The Kier molecular flexibility index (Phi) is 6.70. The largest absolute Gasteiger partial charge is 0.350 e. The van der Waals surface area contributed by atoms with Gasteiger partial charge in [-0.1, -0.05) is 29.3 Å². The monoisotopic (exact) mass is 466 g/mol. The number of rotatable bonds is 6. The molecule has 1 aromatic heterocycles. The Morgan fingerprint density at radius 2 is 2.07 bits per heavy atom. The number of pyridine rings is 1. The van der Waals surface area contributed by atoms with E-state index in [1.54, 1.807) is 6.07 Å². The first-order valence-electron chi connectivity index (χ1n) is 8.36. The van der Waals surface area contributed by atoms with Gasteiger partial charge >= 0.3 is 0 Å². The number of halogens is 2. The molecule has 0 bridgehead atoms. The van der Waals surface area contributed by atoms with Crippen LogP contribution in [-0.2, 0) is 4.79 Å². The molecule has 3 amide bonds. The zero-order valence-corrected chi connectivity index (χ0v) is 17.3. The third kappa shape index (κ3) is 4.78. The summed E-state index contributed by atoms with van der Waals surface area (Å²) in [4.78, 5) is 52.1. The lowest BCUT2D eigenvalue weighted by molar-refractivity contribution is -0.384. The number of carbonyl (C=O) groups is 3. The SMILES string of the molecule is O=C(NCCN1C(=O)S/C(=C\c2ccc(Cl)c([N+](=O)[O-])c2)C1=O)c1cccnc1Cl. The molecule has 1 saturated heterocycles. The second-order valence-corrected chi connectivity index (χ2v) is 7.66. The molecule has 1 aliphatic rings. The number of nitro benzene ring substituents is 1. The van der Waals surface area contributed by atoms with E-state index in [2.05, 4.69) is 10.3 Å². The van der Waals surface area contributed by atoms with E-state index in [0.29, 0.717) is 17.3 Å². The Bertz CT molecular complexity index is 1090. The van der Waals surface area contributed by atoms with Crippen molar-refractivity contribution in [1.82, 2.24) is 15.2 Å². The van der Waals surface area contributed by atoms with Crippen molar-refractivity contribution in [1.29, 1.82) is 0 Å². The van der Waals surface area contributed by atoms with Crippen LogP contribution in [0.5, 0.6) is 0 Å². The number of nitrogens with zero attached hydrogens (tertiary/aromatic N) is 3. The molecule has 9 nitrogen and oxygen atoms in total. The predicted molar refractivity (Wildman–Crippen MR) is 112 cm³/mol. The summed E-state index contributed by atoms with van der Waals surface area (Å²) in [6.45, 7) is -0.0335. The number of hydrogen-bond donors (Lipinski definition) is 1. The first-order valence-corrected chi connectivity index (χ1v) is 9.93. The molecule has 0 radical (unpaired) electrons. The van der Waals surface area contributed by atoms with E-state index in [0.717, 1.165) is 4.90 Å². The van der Waals surface area contributed by atoms with E-state index in [4.69, 9.17) is 23.2 Å². The third-order valence-corrected chi connectivity index (χ3v) is 5.49. The molecule has 1 aromatic carbocycles. The highest BCUT2D eigenvalue weighted by Gasteiger charge is 2.34. The van der Waals surface area contributed by atoms with Crippen molar-refractivity contribution in [2.45, 2.75) is 0 Å². The average molecular weight is 467 g/mol. The van der Waals surface area contributed by atoms with Crippen LogP contribution >= 0.6 is 35.0 Å². The maximum absolute atomic E-state index is 12.5. The lowest BCUT2D eigenvalue weighted by Gasteiger charge is -2.13. The van der Waals surface area contributed by atoms with Crippen molar-refractivity contribution in [3.05, 3.63) is 72.9 Å². The van der Waals surface area contributed by atoms with Gasteiger partial charge in [-0.05, 0) is 41.6 Å². The summed E-state index contributed by atoms with van der Waals surface area (Å²) >= 11 is 12.3. The zero-order chi connectivity index (χ0) is 21.8. The zero-order valence-electron chi connectivity index (χ0n) is 15.0. The molecule has 3 rings (SSSR count). The van der Waals surface area contributed by atoms with Gasteiger partial charge in [-0.25, -0.2) is 4.98 Å². The van der Waals surface area contributed by atoms with Crippen molar-refractivity contribution in [2.24, 2.45) is 0 Å². The molecule has 1 fully saturated rings. The quantitative estimate of drug-likeness (QED) is 0.297. The first kappa shape index (κ1) is 21.8. The molecule has 0 aliphatic carbocycles. The number of hydrogen-bond acceptors (Lipinski definition) is 7. The van der Waals surface area contributed by atoms with Gasteiger partial charge in [0.2, 0.25) is 0 Å². The number of nitrogens with one attached hydrogen (secondary N) is 1. The molecule has 2 aromatic rings. The second-order valence-electron chi connectivity index (χ2n) is 5.90. The summed E-state index contributed by atoms with van der Waals surface area (Å²) in [6.07, 6.45) is 2.82. The molecule has 0 spiro atoms. The molecule has 12 heteroatoms. The first-order chi connectivity index (χ1) is 14.3. The summed E-state index contributed by atoms with van der Waals surface area (Å²) in [7, 11) is 0. The molecule has 0 atom stereocenters. The Balaban J connectivity index is 1.66. The maximum atomic E-state index is 12.5. The van der Waals surface area contributed by atoms with E-state index in [1.165, 1.54) is 36.5 Å². The number of thioether (sulfide) groups is 1.